The van der Waals surface area contributed by atoms with E-state index in [1.165, 1.54) is 18.3 Å². The number of methoxy groups -OCH3 is 2. The molecule has 0 aliphatic rings. The number of nitrogens with one attached hydrogen (secondary N) is 2. The van der Waals surface area contributed by atoms with Gasteiger partial charge in [-0.25, -0.2) is 4.98 Å². The van der Waals surface area contributed by atoms with Crippen LogP contribution in [-0.4, -0.2) is 31.0 Å². The van der Waals surface area contributed by atoms with Gasteiger partial charge in [-0.3, -0.25) is 9.59 Å². The van der Waals surface area contributed by atoms with Gasteiger partial charge in [-0.05, 0) is 17.7 Å². The summed E-state index contributed by atoms with van der Waals surface area (Å²) in [4.78, 5) is 28.7. The van der Waals surface area contributed by atoms with E-state index in [0.717, 1.165) is 11.1 Å². The average molecular weight is 426 g/mol. The summed E-state index contributed by atoms with van der Waals surface area (Å²) in [5, 5.41) is 7.97. The first-order valence-electron chi connectivity index (χ1n) is 9.30. The topological polar surface area (TPSA) is 89.6 Å². The number of ether oxygens (including phenoxy) is 2. The Labute approximate surface area is 179 Å². The van der Waals surface area contributed by atoms with Gasteiger partial charge in [-0.1, -0.05) is 30.3 Å². The second kappa shape index (κ2) is 9.89. The van der Waals surface area contributed by atoms with Gasteiger partial charge in [0, 0.05) is 23.9 Å². The van der Waals surface area contributed by atoms with E-state index in [1.54, 1.807) is 20.3 Å². The van der Waals surface area contributed by atoms with Gasteiger partial charge in [0.25, 0.3) is 0 Å². The Morgan fingerprint density at radius 3 is 2.53 bits per heavy atom. The van der Waals surface area contributed by atoms with Gasteiger partial charge in [0.1, 0.15) is 11.5 Å². The minimum atomic E-state index is -0.412. The minimum Gasteiger partial charge on any atom is -0.497 e. The van der Waals surface area contributed by atoms with Crippen LogP contribution in [0.15, 0.2) is 53.9 Å². The molecule has 0 aliphatic heterocycles. The summed E-state index contributed by atoms with van der Waals surface area (Å²) in [5.74, 6) is 0.886. The molecule has 0 saturated carbocycles. The van der Waals surface area contributed by atoms with E-state index < -0.39 is 6.04 Å². The van der Waals surface area contributed by atoms with Crippen molar-refractivity contribution in [3.63, 3.8) is 0 Å². The highest BCUT2D eigenvalue weighted by atomic mass is 32.1. The highest BCUT2D eigenvalue weighted by molar-refractivity contribution is 7.14. The summed E-state index contributed by atoms with van der Waals surface area (Å²) in [6.07, 6.45) is 0.102. The zero-order valence-corrected chi connectivity index (χ0v) is 17.8. The number of thiazole rings is 1. The molecule has 0 aliphatic carbocycles. The SMILES string of the molecule is COc1ccc(-c2csc(NC(=O)CC(NC(C)=O)c3ccccc3)n2)c(OC)c1. The molecule has 0 spiro atoms. The van der Waals surface area contributed by atoms with Gasteiger partial charge >= 0.3 is 0 Å². The Morgan fingerprint density at radius 2 is 1.87 bits per heavy atom. The molecule has 0 bridgehead atoms. The van der Waals surface area contributed by atoms with Crippen molar-refractivity contribution in [2.75, 3.05) is 19.5 Å². The summed E-state index contributed by atoms with van der Waals surface area (Å²) in [5.41, 5.74) is 2.36. The van der Waals surface area contributed by atoms with Crippen LogP contribution in [0.1, 0.15) is 24.9 Å². The largest absolute Gasteiger partial charge is 0.497 e. The smallest absolute Gasteiger partial charge is 0.228 e. The lowest BCUT2D eigenvalue weighted by molar-refractivity contribution is -0.120. The first kappa shape index (κ1) is 21.3. The van der Waals surface area contributed by atoms with Crippen LogP contribution in [0.2, 0.25) is 0 Å². The normalized spacial score (nSPS) is 11.4. The fourth-order valence-corrected chi connectivity index (χ4v) is 3.73. The molecule has 0 fully saturated rings. The number of carbonyl (C=O) groups excluding carboxylic acids is 2. The van der Waals surface area contributed by atoms with Crippen LogP contribution in [0.4, 0.5) is 5.13 Å². The van der Waals surface area contributed by atoms with Gasteiger partial charge in [0.05, 0.1) is 32.4 Å². The van der Waals surface area contributed by atoms with Crippen molar-refractivity contribution in [3.8, 4) is 22.8 Å². The van der Waals surface area contributed by atoms with Crippen molar-refractivity contribution in [1.29, 1.82) is 0 Å². The lowest BCUT2D eigenvalue weighted by Gasteiger charge is -2.17. The van der Waals surface area contributed by atoms with Crippen LogP contribution < -0.4 is 20.1 Å². The van der Waals surface area contributed by atoms with E-state index >= 15 is 0 Å². The van der Waals surface area contributed by atoms with Crippen molar-refractivity contribution in [2.24, 2.45) is 0 Å². The van der Waals surface area contributed by atoms with Crippen LogP contribution in [0, 0.1) is 0 Å². The quantitative estimate of drug-likeness (QED) is 0.569. The van der Waals surface area contributed by atoms with Crippen molar-refractivity contribution in [2.45, 2.75) is 19.4 Å². The number of carbonyl (C=O) groups is 2. The minimum absolute atomic E-state index is 0.102. The number of nitrogens with zero attached hydrogens (tertiary/aromatic N) is 1. The third kappa shape index (κ3) is 5.36. The Hall–Kier alpha value is -3.39. The molecule has 8 heteroatoms. The lowest BCUT2D eigenvalue weighted by atomic mass is 10.0. The van der Waals surface area contributed by atoms with Crippen molar-refractivity contribution in [1.82, 2.24) is 10.3 Å². The van der Waals surface area contributed by atoms with Crippen LogP contribution >= 0.6 is 11.3 Å². The van der Waals surface area contributed by atoms with Gasteiger partial charge < -0.3 is 20.1 Å². The second-order valence-electron chi connectivity index (χ2n) is 6.52. The molecule has 2 aromatic carbocycles. The monoisotopic (exact) mass is 425 g/mol. The first-order chi connectivity index (χ1) is 14.5. The Kier molecular flexibility index (Phi) is 7.03. The number of hydrogen-bond acceptors (Lipinski definition) is 6. The molecule has 1 atom stereocenters. The van der Waals surface area contributed by atoms with Crippen molar-refractivity contribution < 1.29 is 19.1 Å². The molecule has 2 N–H and O–H groups in total. The first-order valence-corrected chi connectivity index (χ1v) is 10.2. The van der Waals surface area contributed by atoms with E-state index in [4.69, 9.17) is 9.47 Å². The van der Waals surface area contributed by atoms with Crippen molar-refractivity contribution in [3.05, 3.63) is 59.5 Å². The van der Waals surface area contributed by atoms with E-state index in [2.05, 4.69) is 15.6 Å². The summed E-state index contributed by atoms with van der Waals surface area (Å²) in [7, 11) is 3.17. The van der Waals surface area contributed by atoms with Crippen LogP contribution in [0.3, 0.4) is 0 Å². The number of rotatable bonds is 8. The average Bonchev–Trinajstić information content (AvgIpc) is 3.21. The zero-order chi connectivity index (χ0) is 21.5. The Bertz CT molecular complexity index is 1020. The van der Waals surface area contributed by atoms with Gasteiger partial charge in [-0.15, -0.1) is 11.3 Å². The third-order valence-electron chi connectivity index (χ3n) is 4.40. The van der Waals surface area contributed by atoms with Crippen molar-refractivity contribution >= 4 is 28.3 Å². The standard InChI is InChI=1S/C22H23N3O4S/c1-14(26)23-18(15-7-5-4-6-8-15)12-21(27)25-22-24-19(13-30-22)17-10-9-16(28-2)11-20(17)29-3/h4-11,13,18H,12H2,1-3H3,(H,23,26)(H,24,25,27). The van der Waals surface area contributed by atoms with Gasteiger partial charge in [0.15, 0.2) is 5.13 Å². The maximum Gasteiger partial charge on any atom is 0.228 e. The molecule has 3 aromatic rings. The maximum absolute atomic E-state index is 12.6. The summed E-state index contributed by atoms with van der Waals surface area (Å²) < 4.78 is 10.6. The summed E-state index contributed by atoms with van der Waals surface area (Å²) in [6.45, 7) is 1.43. The number of hydrogen-bond donors (Lipinski definition) is 2. The predicted molar refractivity (Wildman–Crippen MR) is 117 cm³/mol. The number of aromatic nitrogens is 1. The van der Waals surface area contributed by atoms with Crippen LogP contribution in [0.25, 0.3) is 11.3 Å². The molecular formula is C22H23N3O4S. The zero-order valence-electron chi connectivity index (χ0n) is 17.0. The predicted octanol–water partition coefficient (Wildman–Crippen LogP) is 4.03. The number of anilines is 1. The fraction of sp³-hybridized carbons (Fsp3) is 0.227. The van der Waals surface area contributed by atoms with E-state index in [-0.39, 0.29) is 18.2 Å². The molecule has 0 radical (unpaired) electrons. The molecule has 3 rings (SSSR count). The summed E-state index contributed by atoms with van der Waals surface area (Å²) >= 11 is 1.32. The lowest BCUT2D eigenvalue weighted by Crippen LogP contribution is -2.29. The van der Waals surface area contributed by atoms with E-state index in [0.29, 0.717) is 22.3 Å². The molecular weight excluding hydrogens is 402 g/mol. The van der Waals surface area contributed by atoms with Gasteiger partial charge in [-0.2, -0.15) is 0 Å². The molecule has 0 saturated heterocycles. The van der Waals surface area contributed by atoms with Gasteiger partial charge in [0.2, 0.25) is 11.8 Å². The second-order valence-corrected chi connectivity index (χ2v) is 7.38. The highest BCUT2D eigenvalue weighted by Crippen LogP contribution is 2.35. The molecule has 2 amide bonds. The molecule has 1 unspecified atom stereocenters. The number of benzene rings is 2. The number of amides is 2. The third-order valence-corrected chi connectivity index (χ3v) is 5.16. The maximum atomic E-state index is 12.6. The molecule has 30 heavy (non-hydrogen) atoms. The van der Waals surface area contributed by atoms with E-state index in [9.17, 15) is 9.59 Å². The molecule has 1 heterocycles. The fourth-order valence-electron chi connectivity index (χ4n) is 3.00. The molecule has 7 nitrogen and oxygen atoms in total. The Morgan fingerprint density at radius 1 is 1.10 bits per heavy atom. The van der Waals surface area contributed by atoms with Crippen LogP contribution in [0.5, 0.6) is 11.5 Å². The summed E-state index contributed by atoms with van der Waals surface area (Å²) in [6, 6.07) is 14.5. The highest BCUT2D eigenvalue weighted by Gasteiger charge is 2.18. The Balaban J connectivity index is 1.72. The molecule has 1 aromatic heterocycles. The van der Waals surface area contributed by atoms with E-state index in [1.807, 2.05) is 47.8 Å². The molecule has 156 valence electrons. The van der Waals surface area contributed by atoms with Crippen LogP contribution in [-0.2, 0) is 9.59 Å².